The molecule has 0 radical (unpaired) electrons. The first-order valence-corrected chi connectivity index (χ1v) is 9.03. The third kappa shape index (κ3) is 2.95. The zero-order valence-electron chi connectivity index (χ0n) is 13.3. The predicted octanol–water partition coefficient (Wildman–Crippen LogP) is 5.75. The summed E-state index contributed by atoms with van der Waals surface area (Å²) in [5, 5.41) is 0.476. The van der Waals surface area contributed by atoms with Crippen LogP contribution in [0.2, 0.25) is 0 Å². The predicted molar refractivity (Wildman–Crippen MR) is 95.6 cm³/mol. The highest BCUT2D eigenvalue weighted by Gasteiger charge is 2.38. The van der Waals surface area contributed by atoms with Crippen molar-refractivity contribution in [2.24, 2.45) is 23.2 Å². The largest absolute Gasteiger partial charge is 0.175 e. The van der Waals surface area contributed by atoms with Gasteiger partial charge in [-0.2, -0.15) is 12.6 Å². The van der Waals surface area contributed by atoms with E-state index >= 15 is 0 Å². The van der Waals surface area contributed by atoms with Gasteiger partial charge in [-0.05, 0) is 49.9 Å². The van der Waals surface area contributed by atoms with Crippen LogP contribution in [0, 0.1) is 23.2 Å². The van der Waals surface area contributed by atoms with Crippen LogP contribution >= 0.6 is 12.6 Å². The molecule has 114 valence electrons. The van der Waals surface area contributed by atoms with Gasteiger partial charge in [0.2, 0.25) is 0 Å². The number of allylic oxidation sites excluding steroid dienone is 8. The van der Waals surface area contributed by atoms with Crippen LogP contribution < -0.4 is 0 Å². The van der Waals surface area contributed by atoms with Gasteiger partial charge in [-0.3, -0.25) is 0 Å². The molecule has 0 fully saturated rings. The fourth-order valence-electron chi connectivity index (χ4n) is 4.25. The Labute approximate surface area is 135 Å². The second-order valence-electron chi connectivity index (χ2n) is 7.28. The number of hydrogen-bond acceptors (Lipinski definition) is 1. The van der Waals surface area contributed by atoms with Gasteiger partial charge in [0.25, 0.3) is 0 Å². The van der Waals surface area contributed by atoms with E-state index in [0.29, 0.717) is 17.1 Å². The molecule has 0 nitrogen and oxygen atoms in total. The minimum absolute atomic E-state index is 0.175. The Balaban J connectivity index is 1.88. The lowest BCUT2D eigenvalue weighted by atomic mass is 9.65. The Morgan fingerprint density at radius 3 is 2.76 bits per heavy atom. The molecule has 3 aliphatic carbocycles. The van der Waals surface area contributed by atoms with Gasteiger partial charge in [0, 0.05) is 10.7 Å². The van der Waals surface area contributed by atoms with Gasteiger partial charge in [-0.15, -0.1) is 0 Å². The Hall–Kier alpha value is -0.690. The Kier molecular flexibility index (Phi) is 4.49. The number of thiol groups is 1. The smallest absolute Gasteiger partial charge is 0.0179 e. The van der Waals surface area contributed by atoms with E-state index in [1.54, 1.807) is 5.57 Å². The molecular weight excluding hydrogens is 272 g/mol. The van der Waals surface area contributed by atoms with Gasteiger partial charge in [0.05, 0.1) is 0 Å². The fraction of sp³-hybridized carbons (Fsp3) is 0.600. The topological polar surface area (TPSA) is 0 Å². The SMILES string of the molecule is CC1CCC(C2(C)C=CCCC2S)=CC1C1C=CC=CC1. The zero-order valence-corrected chi connectivity index (χ0v) is 14.2. The van der Waals surface area contributed by atoms with Crippen molar-refractivity contribution >= 4 is 12.6 Å². The molecule has 0 aromatic heterocycles. The first-order chi connectivity index (χ1) is 10.1. The zero-order chi connectivity index (χ0) is 14.9. The lowest BCUT2D eigenvalue weighted by Crippen LogP contribution is -2.34. The molecule has 0 heterocycles. The summed E-state index contributed by atoms with van der Waals surface area (Å²) in [6, 6.07) is 0. The maximum Gasteiger partial charge on any atom is 0.0179 e. The van der Waals surface area contributed by atoms with Crippen LogP contribution in [0.5, 0.6) is 0 Å². The summed E-state index contributed by atoms with van der Waals surface area (Å²) in [5.74, 6) is 2.18. The van der Waals surface area contributed by atoms with E-state index in [1.165, 1.54) is 32.1 Å². The minimum atomic E-state index is 0.175. The van der Waals surface area contributed by atoms with Gasteiger partial charge in [0.1, 0.15) is 0 Å². The highest BCUT2D eigenvalue weighted by atomic mass is 32.1. The quantitative estimate of drug-likeness (QED) is 0.487. The van der Waals surface area contributed by atoms with E-state index < -0.39 is 0 Å². The standard InChI is InChI=1S/C20H28S/c1-15-11-12-17(20(2)13-7-6-10-19(20)21)14-18(15)16-8-4-3-5-9-16/h3-5,7-8,13-16,18-19,21H,6,9-12H2,1-2H3. The van der Waals surface area contributed by atoms with Crippen LogP contribution in [0.3, 0.4) is 0 Å². The van der Waals surface area contributed by atoms with Crippen molar-refractivity contribution in [3.63, 3.8) is 0 Å². The molecular formula is C20H28S. The normalized spacial score (nSPS) is 42.9. The Morgan fingerprint density at radius 2 is 2.05 bits per heavy atom. The van der Waals surface area contributed by atoms with E-state index in [1.807, 2.05) is 0 Å². The van der Waals surface area contributed by atoms with Crippen LogP contribution in [0.1, 0.15) is 46.0 Å². The lowest BCUT2D eigenvalue weighted by molar-refractivity contribution is 0.287. The van der Waals surface area contributed by atoms with Crippen molar-refractivity contribution in [1.29, 1.82) is 0 Å². The molecule has 0 N–H and O–H groups in total. The van der Waals surface area contributed by atoms with Crippen molar-refractivity contribution in [3.8, 4) is 0 Å². The molecule has 0 aromatic carbocycles. The monoisotopic (exact) mass is 300 g/mol. The number of rotatable bonds is 2. The second-order valence-corrected chi connectivity index (χ2v) is 7.90. The maximum atomic E-state index is 4.91. The summed E-state index contributed by atoms with van der Waals surface area (Å²) in [7, 11) is 0. The summed E-state index contributed by atoms with van der Waals surface area (Å²) in [6.07, 6.45) is 22.8. The van der Waals surface area contributed by atoms with Crippen molar-refractivity contribution in [2.75, 3.05) is 0 Å². The van der Waals surface area contributed by atoms with Crippen molar-refractivity contribution in [2.45, 2.75) is 51.2 Å². The molecule has 0 aromatic rings. The summed E-state index contributed by atoms with van der Waals surface area (Å²) < 4.78 is 0. The molecule has 0 saturated heterocycles. The van der Waals surface area contributed by atoms with E-state index in [0.717, 1.165) is 5.92 Å². The molecule has 5 unspecified atom stereocenters. The first kappa shape index (κ1) is 15.2. The van der Waals surface area contributed by atoms with Crippen LogP contribution in [-0.2, 0) is 0 Å². The van der Waals surface area contributed by atoms with Gasteiger partial charge in [-0.25, -0.2) is 0 Å². The molecule has 3 rings (SSSR count). The third-order valence-electron chi connectivity index (χ3n) is 5.88. The van der Waals surface area contributed by atoms with Crippen molar-refractivity contribution in [1.82, 2.24) is 0 Å². The molecule has 21 heavy (non-hydrogen) atoms. The summed E-state index contributed by atoms with van der Waals surface area (Å²) in [4.78, 5) is 0. The Morgan fingerprint density at radius 1 is 1.19 bits per heavy atom. The van der Waals surface area contributed by atoms with Gasteiger partial charge >= 0.3 is 0 Å². The molecule has 1 heteroatoms. The van der Waals surface area contributed by atoms with Crippen molar-refractivity contribution in [3.05, 3.63) is 48.1 Å². The highest BCUT2D eigenvalue weighted by Crippen LogP contribution is 2.48. The summed E-state index contributed by atoms with van der Waals surface area (Å²) in [5.41, 5.74) is 1.82. The van der Waals surface area contributed by atoms with Crippen LogP contribution in [0.4, 0.5) is 0 Å². The molecule has 0 saturated carbocycles. The minimum Gasteiger partial charge on any atom is -0.175 e. The van der Waals surface area contributed by atoms with Crippen LogP contribution in [0.15, 0.2) is 48.1 Å². The molecule has 3 aliphatic rings. The van der Waals surface area contributed by atoms with E-state index in [2.05, 4.69) is 56.4 Å². The van der Waals surface area contributed by atoms with E-state index in [9.17, 15) is 0 Å². The molecule has 5 atom stereocenters. The van der Waals surface area contributed by atoms with E-state index in [-0.39, 0.29) is 5.41 Å². The van der Waals surface area contributed by atoms with E-state index in [4.69, 9.17) is 12.6 Å². The Bertz CT molecular complexity index is 496. The average Bonchev–Trinajstić information content (AvgIpc) is 2.51. The molecule has 0 aliphatic heterocycles. The lowest BCUT2D eigenvalue weighted by Gasteiger charge is -2.42. The summed E-state index contributed by atoms with van der Waals surface area (Å²) >= 11 is 4.91. The molecule has 0 spiro atoms. The highest BCUT2D eigenvalue weighted by molar-refractivity contribution is 7.81. The fourth-order valence-corrected chi connectivity index (χ4v) is 4.65. The summed E-state index contributed by atoms with van der Waals surface area (Å²) in [6.45, 7) is 4.83. The first-order valence-electron chi connectivity index (χ1n) is 8.51. The maximum absolute atomic E-state index is 4.91. The van der Waals surface area contributed by atoms with Crippen LogP contribution in [-0.4, -0.2) is 5.25 Å². The average molecular weight is 301 g/mol. The third-order valence-corrected chi connectivity index (χ3v) is 6.68. The second kappa shape index (κ2) is 6.20. The van der Waals surface area contributed by atoms with Crippen LogP contribution in [0.25, 0.3) is 0 Å². The van der Waals surface area contributed by atoms with Crippen molar-refractivity contribution < 1.29 is 0 Å². The van der Waals surface area contributed by atoms with Gasteiger partial charge in [-0.1, -0.05) is 62.0 Å². The van der Waals surface area contributed by atoms with Gasteiger partial charge < -0.3 is 0 Å². The molecule has 0 amide bonds. The van der Waals surface area contributed by atoms with Gasteiger partial charge in [0.15, 0.2) is 0 Å². The number of hydrogen-bond donors (Lipinski definition) is 1. The molecule has 0 bridgehead atoms.